The van der Waals surface area contributed by atoms with Crippen LogP contribution in [0.4, 0.5) is 0 Å². The molecule has 2 aromatic heterocycles. The van der Waals surface area contributed by atoms with E-state index in [1.807, 2.05) is 30.3 Å². The lowest BCUT2D eigenvalue weighted by atomic mass is 10.0. The second-order valence-corrected chi connectivity index (χ2v) is 7.73. The Bertz CT molecular complexity index is 1280. The minimum atomic E-state index is -0.168. The predicted molar refractivity (Wildman–Crippen MR) is 120 cm³/mol. The van der Waals surface area contributed by atoms with E-state index >= 15 is 0 Å². The quantitative estimate of drug-likeness (QED) is 0.478. The van der Waals surface area contributed by atoms with Crippen molar-refractivity contribution in [2.45, 2.75) is 13.3 Å². The van der Waals surface area contributed by atoms with Crippen molar-refractivity contribution in [2.75, 3.05) is 21.3 Å². The Morgan fingerprint density at radius 1 is 0.967 bits per heavy atom. The molecule has 0 saturated heterocycles. The molecule has 0 saturated carbocycles. The van der Waals surface area contributed by atoms with Crippen LogP contribution < -0.4 is 19.8 Å². The Morgan fingerprint density at radius 2 is 1.77 bits per heavy atom. The van der Waals surface area contributed by atoms with Gasteiger partial charge in [-0.3, -0.25) is 4.79 Å². The van der Waals surface area contributed by atoms with E-state index < -0.39 is 0 Å². The maximum Gasteiger partial charge on any atom is 0.260 e. The summed E-state index contributed by atoms with van der Waals surface area (Å²) in [7, 11) is 4.80. The lowest BCUT2D eigenvalue weighted by molar-refractivity contribution is 0.355. The Kier molecular flexibility index (Phi) is 5.46. The van der Waals surface area contributed by atoms with E-state index in [2.05, 4.69) is 11.9 Å². The van der Waals surface area contributed by atoms with Gasteiger partial charge in [0, 0.05) is 16.0 Å². The van der Waals surface area contributed by atoms with E-state index in [1.54, 1.807) is 44.8 Å². The number of aromatic nitrogens is 2. The molecule has 1 N–H and O–H groups in total. The molecule has 154 valence electrons. The van der Waals surface area contributed by atoms with Crippen LogP contribution in [0.2, 0.25) is 0 Å². The van der Waals surface area contributed by atoms with Crippen molar-refractivity contribution in [2.24, 2.45) is 0 Å². The first-order valence-corrected chi connectivity index (χ1v) is 10.3. The third-order valence-corrected chi connectivity index (χ3v) is 6.20. The number of nitrogens with zero attached hydrogens (tertiary/aromatic N) is 1. The highest BCUT2D eigenvalue weighted by atomic mass is 32.1. The Morgan fingerprint density at radius 3 is 2.47 bits per heavy atom. The minimum absolute atomic E-state index is 0.168. The van der Waals surface area contributed by atoms with Crippen LogP contribution in [-0.4, -0.2) is 31.3 Å². The molecule has 4 aromatic rings. The molecule has 6 nitrogen and oxygen atoms in total. The molecule has 7 heteroatoms. The molecule has 2 heterocycles. The number of ether oxygens (including phenoxy) is 3. The van der Waals surface area contributed by atoms with E-state index in [0.29, 0.717) is 27.5 Å². The Hall–Kier alpha value is -3.32. The molecule has 0 bridgehead atoms. The number of H-pyrrole nitrogens is 1. The molecule has 0 aliphatic carbocycles. The molecule has 30 heavy (non-hydrogen) atoms. The van der Waals surface area contributed by atoms with Gasteiger partial charge in [0.05, 0.1) is 26.7 Å². The van der Waals surface area contributed by atoms with Gasteiger partial charge in [-0.1, -0.05) is 19.1 Å². The summed E-state index contributed by atoms with van der Waals surface area (Å²) in [6.45, 7) is 2.08. The number of hydrogen-bond donors (Lipinski definition) is 1. The number of aryl methyl sites for hydroxylation is 1. The summed E-state index contributed by atoms with van der Waals surface area (Å²) in [6, 6.07) is 13.2. The lowest BCUT2D eigenvalue weighted by Gasteiger charge is -2.09. The fourth-order valence-electron chi connectivity index (χ4n) is 3.51. The standard InChI is InChI=1S/C23H22N2O4S/c1-5-18-19(13-7-6-8-15(11-13)27-2)20-22(26)24-21(25-23(20)30-18)14-9-10-16(28-3)17(12-14)29-4/h6-12H,5H2,1-4H3,(H,24,25,26). The van der Waals surface area contributed by atoms with Crippen molar-refractivity contribution in [3.8, 4) is 39.8 Å². The van der Waals surface area contributed by atoms with Gasteiger partial charge in [0.15, 0.2) is 11.5 Å². The summed E-state index contributed by atoms with van der Waals surface area (Å²) in [5.41, 5.74) is 2.45. The van der Waals surface area contributed by atoms with Gasteiger partial charge in [0.1, 0.15) is 16.4 Å². The smallest absolute Gasteiger partial charge is 0.260 e. The highest BCUT2D eigenvalue weighted by Gasteiger charge is 2.19. The topological polar surface area (TPSA) is 73.4 Å². The molecule has 2 aromatic carbocycles. The van der Waals surface area contributed by atoms with Crippen LogP contribution >= 0.6 is 11.3 Å². The van der Waals surface area contributed by atoms with E-state index in [9.17, 15) is 4.79 Å². The first-order valence-electron chi connectivity index (χ1n) is 9.52. The van der Waals surface area contributed by atoms with E-state index in [0.717, 1.165) is 33.7 Å². The van der Waals surface area contributed by atoms with Gasteiger partial charge >= 0.3 is 0 Å². The second kappa shape index (κ2) is 8.20. The average Bonchev–Trinajstić information content (AvgIpc) is 3.17. The molecule has 0 aliphatic heterocycles. The van der Waals surface area contributed by atoms with E-state index in [1.165, 1.54) is 0 Å². The largest absolute Gasteiger partial charge is 0.497 e. The number of benzene rings is 2. The number of fused-ring (bicyclic) bond motifs is 1. The molecule has 4 rings (SSSR count). The predicted octanol–water partition coefficient (Wildman–Crippen LogP) is 4.91. The maximum atomic E-state index is 13.2. The highest BCUT2D eigenvalue weighted by molar-refractivity contribution is 7.19. The van der Waals surface area contributed by atoms with Gasteiger partial charge < -0.3 is 19.2 Å². The van der Waals surface area contributed by atoms with Gasteiger partial charge in [0.25, 0.3) is 5.56 Å². The Balaban J connectivity index is 1.91. The van der Waals surface area contributed by atoms with Crippen molar-refractivity contribution < 1.29 is 14.2 Å². The van der Waals surface area contributed by atoms with Gasteiger partial charge in [-0.15, -0.1) is 11.3 Å². The fraction of sp³-hybridized carbons (Fsp3) is 0.217. The number of aromatic amines is 1. The third kappa shape index (κ3) is 3.41. The molecule has 0 atom stereocenters. The van der Waals surface area contributed by atoms with Gasteiger partial charge in [-0.05, 0) is 42.3 Å². The zero-order valence-electron chi connectivity index (χ0n) is 17.2. The fourth-order valence-corrected chi connectivity index (χ4v) is 4.64. The molecular weight excluding hydrogens is 400 g/mol. The first-order chi connectivity index (χ1) is 14.6. The number of thiophene rings is 1. The van der Waals surface area contributed by atoms with Crippen molar-refractivity contribution in [3.05, 3.63) is 57.7 Å². The molecule has 0 unspecified atom stereocenters. The highest BCUT2D eigenvalue weighted by Crippen LogP contribution is 2.38. The molecule has 0 aliphatic rings. The van der Waals surface area contributed by atoms with Crippen LogP contribution in [0.5, 0.6) is 17.2 Å². The van der Waals surface area contributed by atoms with Crippen LogP contribution in [0.3, 0.4) is 0 Å². The molecule has 0 spiro atoms. The number of hydrogen-bond acceptors (Lipinski definition) is 6. The van der Waals surface area contributed by atoms with Gasteiger partial charge in [0.2, 0.25) is 0 Å². The summed E-state index contributed by atoms with van der Waals surface area (Å²) in [5, 5.41) is 0.606. The molecule has 0 fully saturated rings. The van der Waals surface area contributed by atoms with Crippen molar-refractivity contribution in [3.63, 3.8) is 0 Å². The van der Waals surface area contributed by atoms with Crippen molar-refractivity contribution >= 4 is 21.6 Å². The number of rotatable bonds is 6. The van der Waals surface area contributed by atoms with Crippen LogP contribution in [-0.2, 0) is 6.42 Å². The van der Waals surface area contributed by atoms with E-state index in [-0.39, 0.29) is 5.56 Å². The SMILES string of the molecule is CCc1sc2nc(-c3ccc(OC)c(OC)c3)[nH]c(=O)c2c1-c1cccc(OC)c1. The summed E-state index contributed by atoms with van der Waals surface area (Å²) < 4.78 is 16.0. The van der Waals surface area contributed by atoms with Crippen LogP contribution in [0.1, 0.15) is 11.8 Å². The normalized spacial score (nSPS) is 10.9. The molecule has 0 amide bonds. The monoisotopic (exact) mass is 422 g/mol. The molecular formula is C23H22N2O4S. The van der Waals surface area contributed by atoms with Crippen LogP contribution in [0.15, 0.2) is 47.3 Å². The van der Waals surface area contributed by atoms with Gasteiger partial charge in [-0.25, -0.2) is 4.98 Å². The van der Waals surface area contributed by atoms with E-state index in [4.69, 9.17) is 19.2 Å². The number of nitrogens with one attached hydrogen (secondary N) is 1. The van der Waals surface area contributed by atoms with Crippen LogP contribution in [0, 0.1) is 0 Å². The summed E-state index contributed by atoms with van der Waals surface area (Å²) in [5.74, 6) is 2.44. The second-order valence-electron chi connectivity index (χ2n) is 6.65. The first kappa shape index (κ1) is 20.0. The minimum Gasteiger partial charge on any atom is -0.497 e. The summed E-state index contributed by atoms with van der Waals surface area (Å²) >= 11 is 1.54. The van der Waals surface area contributed by atoms with Gasteiger partial charge in [-0.2, -0.15) is 0 Å². The Labute approximate surface area is 178 Å². The summed E-state index contributed by atoms with van der Waals surface area (Å²) in [6.07, 6.45) is 0.804. The third-order valence-electron chi connectivity index (χ3n) is 4.97. The number of methoxy groups -OCH3 is 3. The maximum absolute atomic E-state index is 13.2. The summed E-state index contributed by atoms with van der Waals surface area (Å²) in [4.78, 5) is 22.7. The van der Waals surface area contributed by atoms with Crippen molar-refractivity contribution in [1.29, 1.82) is 0 Å². The molecule has 0 radical (unpaired) electrons. The van der Waals surface area contributed by atoms with Crippen LogP contribution in [0.25, 0.3) is 32.7 Å². The lowest BCUT2D eigenvalue weighted by Crippen LogP contribution is -2.09. The average molecular weight is 423 g/mol. The zero-order chi connectivity index (χ0) is 21.3. The van der Waals surface area contributed by atoms with Crippen molar-refractivity contribution in [1.82, 2.24) is 9.97 Å². The zero-order valence-corrected chi connectivity index (χ0v) is 18.1.